The van der Waals surface area contributed by atoms with Crippen LogP contribution in [0.15, 0.2) is 65.0 Å². The summed E-state index contributed by atoms with van der Waals surface area (Å²) >= 11 is 6.87. The van der Waals surface area contributed by atoms with Gasteiger partial charge in [0.2, 0.25) is 10.0 Å². The lowest BCUT2D eigenvalue weighted by atomic mass is 10.2. The third-order valence-corrected chi connectivity index (χ3v) is 7.16. The van der Waals surface area contributed by atoms with Gasteiger partial charge in [-0.2, -0.15) is 0 Å². The minimum absolute atomic E-state index is 0.199. The van der Waals surface area contributed by atoms with E-state index >= 15 is 0 Å². The van der Waals surface area contributed by atoms with Gasteiger partial charge < -0.3 is 4.57 Å². The number of imidazole rings is 1. The molecule has 27 heavy (non-hydrogen) atoms. The molecule has 0 saturated heterocycles. The summed E-state index contributed by atoms with van der Waals surface area (Å²) in [4.78, 5) is 9.08. The Labute approximate surface area is 165 Å². The van der Waals surface area contributed by atoms with Gasteiger partial charge in [0, 0.05) is 24.8 Å². The lowest BCUT2D eigenvalue weighted by Gasteiger charge is -2.10. The van der Waals surface area contributed by atoms with Gasteiger partial charge in [0.25, 0.3) is 0 Å². The molecule has 0 aliphatic carbocycles. The molecule has 0 bridgehead atoms. The maximum Gasteiger partial charge on any atom is 0.250 e. The minimum Gasteiger partial charge on any atom is -0.307 e. The Kier molecular flexibility index (Phi) is 4.96. The normalized spacial score (nSPS) is 11.9. The third-order valence-electron chi connectivity index (χ3n) is 3.98. The van der Waals surface area contributed by atoms with E-state index in [0.717, 1.165) is 33.9 Å². The van der Waals surface area contributed by atoms with Crippen molar-refractivity contribution in [3.05, 3.63) is 65.1 Å². The van der Waals surface area contributed by atoms with Crippen LogP contribution in [-0.4, -0.2) is 29.5 Å². The first kappa shape index (κ1) is 18.1. The van der Waals surface area contributed by atoms with Crippen molar-refractivity contribution in [2.75, 3.05) is 6.54 Å². The number of hydrogen-bond donors (Lipinski definition) is 1. The Bertz CT molecular complexity index is 1190. The molecule has 0 spiro atoms. The van der Waals surface area contributed by atoms with Crippen molar-refractivity contribution >= 4 is 44.1 Å². The van der Waals surface area contributed by atoms with Crippen LogP contribution in [0.3, 0.4) is 0 Å². The highest BCUT2D eigenvalue weighted by molar-refractivity contribution is 7.91. The van der Waals surface area contributed by atoms with Crippen molar-refractivity contribution in [1.29, 1.82) is 0 Å². The van der Waals surface area contributed by atoms with Gasteiger partial charge in [-0.15, -0.1) is 11.3 Å². The van der Waals surface area contributed by atoms with E-state index in [9.17, 15) is 8.42 Å². The van der Waals surface area contributed by atoms with Crippen molar-refractivity contribution in [3.63, 3.8) is 0 Å². The molecule has 0 atom stereocenters. The standard InChI is InChI=1S/C18H15ClN4O2S2/c19-15-8-9-16(26-15)27(24,25)21-11-12-23-17(13-5-2-1-3-6-13)22-14-7-4-10-20-18(14)23/h1-10,21H,11-12H2. The van der Waals surface area contributed by atoms with Gasteiger partial charge in [0.05, 0.1) is 4.34 Å². The maximum atomic E-state index is 12.4. The largest absolute Gasteiger partial charge is 0.307 e. The minimum atomic E-state index is -3.59. The number of sulfonamides is 1. The number of thiophene rings is 1. The molecule has 0 unspecified atom stereocenters. The summed E-state index contributed by atoms with van der Waals surface area (Å²) in [6.07, 6.45) is 1.70. The summed E-state index contributed by atoms with van der Waals surface area (Å²) in [5.41, 5.74) is 2.43. The molecule has 0 radical (unpaired) electrons. The molecule has 0 aliphatic rings. The predicted molar refractivity (Wildman–Crippen MR) is 107 cm³/mol. The molecule has 1 N–H and O–H groups in total. The zero-order valence-corrected chi connectivity index (χ0v) is 16.4. The topological polar surface area (TPSA) is 76.9 Å². The fourth-order valence-electron chi connectivity index (χ4n) is 2.78. The van der Waals surface area contributed by atoms with E-state index in [0.29, 0.717) is 10.9 Å². The van der Waals surface area contributed by atoms with Gasteiger partial charge in [0.15, 0.2) is 5.65 Å². The van der Waals surface area contributed by atoms with Crippen molar-refractivity contribution < 1.29 is 8.42 Å². The molecule has 0 aliphatic heterocycles. The highest BCUT2D eigenvalue weighted by Gasteiger charge is 2.18. The summed E-state index contributed by atoms with van der Waals surface area (Å²) in [5.74, 6) is 0.752. The van der Waals surface area contributed by atoms with Crippen molar-refractivity contribution in [2.45, 2.75) is 10.8 Å². The number of nitrogens with one attached hydrogen (secondary N) is 1. The summed E-state index contributed by atoms with van der Waals surface area (Å²) < 4.78 is 30.0. The number of benzene rings is 1. The zero-order valence-electron chi connectivity index (χ0n) is 14.0. The number of pyridine rings is 1. The second-order valence-corrected chi connectivity index (χ2v) is 9.46. The summed E-state index contributed by atoms with van der Waals surface area (Å²) in [6, 6.07) is 16.5. The highest BCUT2D eigenvalue weighted by atomic mass is 35.5. The molecule has 4 rings (SSSR count). The van der Waals surface area contributed by atoms with Gasteiger partial charge in [-0.25, -0.2) is 23.1 Å². The van der Waals surface area contributed by atoms with Crippen LogP contribution >= 0.6 is 22.9 Å². The fraction of sp³-hybridized carbons (Fsp3) is 0.111. The number of nitrogens with zero attached hydrogens (tertiary/aromatic N) is 3. The smallest absolute Gasteiger partial charge is 0.250 e. The Hall–Kier alpha value is -2.26. The maximum absolute atomic E-state index is 12.4. The van der Waals surface area contributed by atoms with Crippen LogP contribution in [0.1, 0.15) is 0 Å². The van der Waals surface area contributed by atoms with Gasteiger partial charge in [-0.05, 0) is 24.3 Å². The van der Waals surface area contributed by atoms with Crippen LogP contribution < -0.4 is 4.72 Å². The molecule has 6 nitrogen and oxygen atoms in total. The first-order valence-corrected chi connectivity index (χ1v) is 10.8. The molecule has 1 aromatic carbocycles. The molecule has 0 saturated carbocycles. The monoisotopic (exact) mass is 418 g/mol. The van der Waals surface area contributed by atoms with Gasteiger partial charge in [0.1, 0.15) is 15.6 Å². The lowest BCUT2D eigenvalue weighted by Crippen LogP contribution is -2.27. The molecular weight excluding hydrogens is 404 g/mol. The number of hydrogen-bond acceptors (Lipinski definition) is 5. The van der Waals surface area contributed by atoms with Crippen LogP contribution in [-0.2, 0) is 16.6 Å². The fourth-order valence-corrected chi connectivity index (χ4v) is 5.33. The highest BCUT2D eigenvalue weighted by Crippen LogP contribution is 2.26. The van der Waals surface area contributed by atoms with Crippen LogP contribution in [0.4, 0.5) is 0 Å². The van der Waals surface area contributed by atoms with E-state index in [-0.39, 0.29) is 10.8 Å². The summed E-state index contributed by atoms with van der Waals surface area (Å²) in [5, 5.41) is 0. The van der Waals surface area contributed by atoms with E-state index in [4.69, 9.17) is 11.6 Å². The van der Waals surface area contributed by atoms with Crippen LogP contribution in [0.5, 0.6) is 0 Å². The van der Waals surface area contributed by atoms with E-state index in [1.165, 1.54) is 6.07 Å². The van der Waals surface area contributed by atoms with E-state index in [1.807, 2.05) is 47.0 Å². The molecule has 4 aromatic rings. The second kappa shape index (κ2) is 7.40. The Balaban J connectivity index is 1.62. The molecular formula is C18H15ClN4O2S2. The van der Waals surface area contributed by atoms with Gasteiger partial charge in [-0.3, -0.25) is 0 Å². The van der Waals surface area contributed by atoms with Crippen molar-refractivity contribution in [1.82, 2.24) is 19.3 Å². The lowest BCUT2D eigenvalue weighted by molar-refractivity contribution is 0.576. The average Bonchev–Trinajstić information content (AvgIpc) is 3.27. The zero-order chi connectivity index (χ0) is 18.9. The Morgan fingerprint density at radius 3 is 2.63 bits per heavy atom. The van der Waals surface area contributed by atoms with Gasteiger partial charge >= 0.3 is 0 Å². The molecule has 3 aromatic heterocycles. The van der Waals surface area contributed by atoms with Gasteiger partial charge in [-0.1, -0.05) is 41.9 Å². The van der Waals surface area contributed by atoms with Crippen LogP contribution in [0.25, 0.3) is 22.6 Å². The quantitative estimate of drug-likeness (QED) is 0.516. The van der Waals surface area contributed by atoms with Crippen molar-refractivity contribution in [3.8, 4) is 11.4 Å². The second-order valence-electron chi connectivity index (χ2n) is 5.76. The van der Waals surface area contributed by atoms with Crippen LogP contribution in [0, 0.1) is 0 Å². The summed E-state index contributed by atoms with van der Waals surface area (Å²) in [6.45, 7) is 0.607. The van der Waals surface area contributed by atoms with E-state index in [1.54, 1.807) is 12.3 Å². The first-order valence-electron chi connectivity index (χ1n) is 8.16. The van der Waals surface area contributed by atoms with Crippen molar-refractivity contribution in [2.24, 2.45) is 0 Å². The number of halogens is 1. The molecule has 0 amide bonds. The third kappa shape index (κ3) is 3.74. The van der Waals surface area contributed by atoms with E-state index < -0.39 is 10.0 Å². The molecule has 0 fully saturated rings. The van der Waals surface area contributed by atoms with Crippen LogP contribution in [0.2, 0.25) is 4.34 Å². The predicted octanol–water partition coefficient (Wildman–Crippen LogP) is 3.79. The average molecular weight is 419 g/mol. The Morgan fingerprint density at radius 2 is 1.89 bits per heavy atom. The summed E-state index contributed by atoms with van der Waals surface area (Å²) in [7, 11) is -3.59. The number of rotatable bonds is 6. The Morgan fingerprint density at radius 1 is 1.07 bits per heavy atom. The number of fused-ring (bicyclic) bond motifs is 1. The first-order chi connectivity index (χ1) is 13.0. The number of aromatic nitrogens is 3. The molecule has 138 valence electrons. The SMILES string of the molecule is O=S(=O)(NCCn1c(-c2ccccc2)nc2cccnc21)c1ccc(Cl)s1. The van der Waals surface area contributed by atoms with E-state index in [2.05, 4.69) is 14.7 Å². The molecule has 9 heteroatoms. The molecule has 3 heterocycles.